The molecule has 0 heteroatoms. The Hall–Kier alpha value is -1.30. The molecule has 0 aliphatic rings. The van der Waals surface area contributed by atoms with Gasteiger partial charge in [-0.3, -0.25) is 0 Å². The minimum absolute atomic E-state index is 1.21. The number of benzene rings is 2. The van der Waals surface area contributed by atoms with E-state index in [1.807, 2.05) is 0 Å². The van der Waals surface area contributed by atoms with E-state index in [1.54, 1.807) is 5.56 Å². The van der Waals surface area contributed by atoms with Crippen molar-refractivity contribution in [2.75, 3.05) is 0 Å². The summed E-state index contributed by atoms with van der Waals surface area (Å²) in [5.41, 5.74) is 4.39. The summed E-state index contributed by atoms with van der Waals surface area (Å²) in [6.07, 6.45) is 3.76. The SMILES string of the molecule is CCCCc1c(C)cc(C)c2ccccc12. The summed E-state index contributed by atoms with van der Waals surface area (Å²) in [6, 6.07) is 11.1. The van der Waals surface area contributed by atoms with Crippen LogP contribution >= 0.6 is 0 Å². The number of fused-ring (bicyclic) bond motifs is 1. The topological polar surface area (TPSA) is 0 Å². The Labute approximate surface area is 98.3 Å². The molecule has 0 fully saturated rings. The van der Waals surface area contributed by atoms with Crippen LogP contribution in [0.15, 0.2) is 30.3 Å². The maximum absolute atomic E-state index is 2.33. The monoisotopic (exact) mass is 212 g/mol. The zero-order valence-corrected chi connectivity index (χ0v) is 10.5. The van der Waals surface area contributed by atoms with Crippen LogP contribution in [0.5, 0.6) is 0 Å². The van der Waals surface area contributed by atoms with Crippen LogP contribution in [0.1, 0.15) is 36.5 Å². The van der Waals surface area contributed by atoms with Crippen molar-refractivity contribution in [3.63, 3.8) is 0 Å². The van der Waals surface area contributed by atoms with E-state index in [0.717, 1.165) is 0 Å². The molecular weight excluding hydrogens is 192 g/mol. The summed E-state index contributed by atoms with van der Waals surface area (Å²) in [5, 5.41) is 2.87. The van der Waals surface area contributed by atoms with E-state index in [0.29, 0.717) is 0 Å². The number of rotatable bonds is 3. The molecule has 2 rings (SSSR count). The molecule has 0 aliphatic heterocycles. The van der Waals surface area contributed by atoms with Crippen molar-refractivity contribution in [1.29, 1.82) is 0 Å². The largest absolute Gasteiger partial charge is 0.0654 e. The molecule has 0 saturated carbocycles. The van der Waals surface area contributed by atoms with Crippen LogP contribution in [-0.4, -0.2) is 0 Å². The van der Waals surface area contributed by atoms with Crippen LogP contribution in [0, 0.1) is 13.8 Å². The lowest BCUT2D eigenvalue weighted by Crippen LogP contribution is -1.93. The smallest absolute Gasteiger partial charge is 0.0147 e. The maximum Gasteiger partial charge on any atom is -0.0147 e. The highest BCUT2D eigenvalue weighted by atomic mass is 14.1. The highest BCUT2D eigenvalue weighted by molar-refractivity contribution is 5.89. The zero-order chi connectivity index (χ0) is 11.5. The van der Waals surface area contributed by atoms with Crippen molar-refractivity contribution in [2.45, 2.75) is 40.0 Å². The van der Waals surface area contributed by atoms with Gasteiger partial charge in [-0.1, -0.05) is 43.7 Å². The summed E-state index contributed by atoms with van der Waals surface area (Å²) in [5.74, 6) is 0. The lowest BCUT2D eigenvalue weighted by molar-refractivity contribution is 0.795. The van der Waals surface area contributed by atoms with Crippen LogP contribution in [0.25, 0.3) is 10.8 Å². The van der Waals surface area contributed by atoms with Gasteiger partial charge in [0, 0.05) is 0 Å². The predicted molar refractivity (Wildman–Crippen MR) is 72.0 cm³/mol. The predicted octanol–water partition coefficient (Wildman–Crippen LogP) is 4.80. The average molecular weight is 212 g/mol. The molecule has 0 amide bonds. The van der Waals surface area contributed by atoms with Crippen molar-refractivity contribution in [1.82, 2.24) is 0 Å². The summed E-state index contributed by atoms with van der Waals surface area (Å²) in [7, 11) is 0. The van der Waals surface area contributed by atoms with Gasteiger partial charge in [-0.2, -0.15) is 0 Å². The molecule has 84 valence electrons. The first-order valence-corrected chi connectivity index (χ1v) is 6.22. The van der Waals surface area contributed by atoms with Crippen LogP contribution < -0.4 is 0 Å². The van der Waals surface area contributed by atoms with E-state index < -0.39 is 0 Å². The first-order chi connectivity index (χ1) is 7.74. The Bertz CT molecular complexity index is 495. The molecule has 0 spiro atoms. The second kappa shape index (κ2) is 4.69. The number of hydrogen-bond acceptors (Lipinski definition) is 0. The fourth-order valence-electron chi connectivity index (χ4n) is 2.48. The Morgan fingerprint density at radius 3 is 2.31 bits per heavy atom. The highest BCUT2D eigenvalue weighted by Gasteiger charge is 2.06. The van der Waals surface area contributed by atoms with Crippen LogP contribution in [0.3, 0.4) is 0 Å². The van der Waals surface area contributed by atoms with Gasteiger partial charge in [-0.15, -0.1) is 0 Å². The van der Waals surface area contributed by atoms with Crippen LogP contribution in [0.4, 0.5) is 0 Å². The number of aryl methyl sites for hydroxylation is 3. The quantitative estimate of drug-likeness (QED) is 0.685. The third-order valence-corrected chi connectivity index (χ3v) is 3.37. The second-order valence-electron chi connectivity index (χ2n) is 4.64. The lowest BCUT2D eigenvalue weighted by atomic mass is 9.93. The number of unbranched alkanes of at least 4 members (excludes halogenated alkanes) is 1. The number of hydrogen-bond donors (Lipinski definition) is 0. The molecule has 16 heavy (non-hydrogen) atoms. The minimum Gasteiger partial charge on any atom is -0.0654 e. The van der Waals surface area contributed by atoms with Gasteiger partial charge in [0.25, 0.3) is 0 Å². The Morgan fingerprint density at radius 1 is 0.938 bits per heavy atom. The van der Waals surface area contributed by atoms with Gasteiger partial charge >= 0.3 is 0 Å². The van der Waals surface area contributed by atoms with Gasteiger partial charge in [0.1, 0.15) is 0 Å². The van der Waals surface area contributed by atoms with Gasteiger partial charge in [0.05, 0.1) is 0 Å². The van der Waals surface area contributed by atoms with Crippen molar-refractivity contribution in [3.05, 3.63) is 47.0 Å². The summed E-state index contributed by atoms with van der Waals surface area (Å²) in [4.78, 5) is 0. The maximum atomic E-state index is 2.33. The van der Waals surface area contributed by atoms with E-state index in [4.69, 9.17) is 0 Å². The standard InChI is InChI=1S/C16H20/c1-4-5-8-14-12(2)11-13(3)15-9-6-7-10-16(14)15/h6-7,9-11H,4-5,8H2,1-3H3. The van der Waals surface area contributed by atoms with E-state index in [1.165, 1.54) is 41.2 Å². The molecule has 2 aromatic rings. The van der Waals surface area contributed by atoms with E-state index in [-0.39, 0.29) is 0 Å². The minimum atomic E-state index is 1.21. The van der Waals surface area contributed by atoms with Crippen LogP contribution in [0.2, 0.25) is 0 Å². The molecule has 0 aliphatic carbocycles. The molecular formula is C16H20. The first kappa shape index (κ1) is 11.2. The third-order valence-electron chi connectivity index (χ3n) is 3.37. The van der Waals surface area contributed by atoms with Gasteiger partial charge < -0.3 is 0 Å². The molecule has 0 nitrogen and oxygen atoms in total. The molecule has 0 bridgehead atoms. The molecule has 0 aromatic heterocycles. The third kappa shape index (κ3) is 1.97. The van der Waals surface area contributed by atoms with Gasteiger partial charge in [0.15, 0.2) is 0 Å². The Kier molecular flexibility index (Phi) is 3.28. The van der Waals surface area contributed by atoms with E-state index in [2.05, 4.69) is 51.1 Å². The van der Waals surface area contributed by atoms with E-state index >= 15 is 0 Å². The normalized spacial score (nSPS) is 10.9. The second-order valence-corrected chi connectivity index (χ2v) is 4.64. The van der Waals surface area contributed by atoms with Gasteiger partial charge in [0.2, 0.25) is 0 Å². The van der Waals surface area contributed by atoms with Gasteiger partial charge in [-0.25, -0.2) is 0 Å². The zero-order valence-electron chi connectivity index (χ0n) is 10.5. The fourth-order valence-corrected chi connectivity index (χ4v) is 2.48. The van der Waals surface area contributed by atoms with Crippen molar-refractivity contribution >= 4 is 10.8 Å². The fraction of sp³-hybridized carbons (Fsp3) is 0.375. The average Bonchev–Trinajstić information content (AvgIpc) is 2.29. The highest BCUT2D eigenvalue weighted by Crippen LogP contribution is 2.26. The molecule has 0 radical (unpaired) electrons. The molecule has 2 aromatic carbocycles. The molecule has 0 saturated heterocycles. The Balaban J connectivity index is 2.61. The molecule has 0 unspecified atom stereocenters. The summed E-state index contributed by atoms with van der Waals surface area (Å²) >= 11 is 0. The Morgan fingerprint density at radius 2 is 1.62 bits per heavy atom. The summed E-state index contributed by atoms with van der Waals surface area (Å²) in [6.45, 7) is 6.70. The lowest BCUT2D eigenvalue weighted by Gasteiger charge is -2.12. The van der Waals surface area contributed by atoms with Gasteiger partial charge in [-0.05, 0) is 54.2 Å². The first-order valence-electron chi connectivity index (χ1n) is 6.22. The van der Waals surface area contributed by atoms with E-state index in [9.17, 15) is 0 Å². The van der Waals surface area contributed by atoms with Crippen molar-refractivity contribution in [2.24, 2.45) is 0 Å². The van der Waals surface area contributed by atoms with Crippen molar-refractivity contribution < 1.29 is 0 Å². The molecule has 0 N–H and O–H groups in total. The summed E-state index contributed by atoms with van der Waals surface area (Å²) < 4.78 is 0. The molecule has 0 atom stereocenters. The molecule has 0 heterocycles. The van der Waals surface area contributed by atoms with Crippen molar-refractivity contribution in [3.8, 4) is 0 Å². The van der Waals surface area contributed by atoms with Crippen LogP contribution in [-0.2, 0) is 6.42 Å².